The second kappa shape index (κ2) is 9.36. The van der Waals surface area contributed by atoms with E-state index in [1.807, 2.05) is 0 Å². The summed E-state index contributed by atoms with van der Waals surface area (Å²) in [6.45, 7) is 2.98. The van der Waals surface area contributed by atoms with Crippen LogP contribution in [0.3, 0.4) is 0 Å². The minimum Gasteiger partial charge on any atom is -0.467 e. The molecule has 0 radical (unpaired) electrons. The van der Waals surface area contributed by atoms with Crippen molar-refractivity contribution in [1.29, 1.82) is 0 Å². The molecule has 3 amide bonds. The molecule has 1 aromatic carbocycles. The van der Waals surface area contributed by atoms with Gasteiger partial charge in [0.15, 0.2) is 0 Å². The van der Waals surface area contributed by atoms with Crippen LogP contribution in [0.1, 0.15) is 24.7 Å². The Labute approximate surface area is 168 Å². The second-order valence-electron chi connectivity index (χ2n) is 7.01. The summed E-state index contributed by atoms with van der Waals surface area (Å²) in [5, 5.41) is 2.73. The number of furan rings is 1. The quantitative estimate of drug-likeness (QED) is 0.733. The monoisotopic (exact) mass is 401 g/mol. The summed E-state index contributed by atoms with van der Waals surface area (Å²) in [6.07, 6.45) is 1.68. The molecular weight excluding hydrogens is 377 g/mol. The topological polar surface area (TPSA) is 82.9 Å². The number of carbonyl (C=O) groups excluding carboxylic acids is 3. The van der Waals surface area contributed by atoms with Crippen LogP contribution in [0, 0.1) is 11.7 Å². The van der Waals surface area contributed by atoms with Crippen molar-refractivity contribution in [2.45, 2.75) is 26.4 Å². The van der Waals surface area contributed by atoms with Gasteiger partial charge in [0, 0.05) is 26.1 Å². The molecule has 0 unspecified atom stereocenters. The Morgan fingerprint density at radius 3 is 2.69 bits per heavy atom. The normalized spacial score (nSPS) is 16.1. The molecule has 2 aromatic rings. The Morgan fingerprint density at radius 2 is 2.03 bits per heavy atom. The summed E-state index contributed by atoms with van der Waals surface area (Å²) in [7, 11) is 0. The third-order valence-electron chi connectivity index (χ3n) is 4.92. The number of amides is 3. The fourth-order valence-corrected chi connectivity index (χ4v) is 3.32. The van der Waals surface area contributed by atoms with Crippen molar-refractivity contribution in [3.05, 3.63) is 59.8 Å². The van der Waals surface area contributed by atoms with Crippen LogP contribution in [0.25, 0.3) is 0 Å². The van der Waals surface area contributed by atoms with Gasteiger partial charge in [0.05, 0.1) is 25.3 Å². The molecule has 1 fully saturated rings. The number of likely N-dealkylation sites (N-methyl/N-ethyl adjacent to an activating group) is 1. The molecular formula is C21H24FN3O4. The number of likely N-dealkylation sites (tertiary alicyclic amines) is 1. The van der Waals surface area contributed by atoms with Gasteiger partial charge in [-0.3, -0.25) is 14.4 Å². The zero-order chi connectivity index (χ0) is 20.8. The van der Waals surface area contributed by atoms with Gasteiger partial charge >= 0.3 is 0 Å². The zero-order valence-corrected chi connectivity index (χ0v) is 16.3. The fraction of sp³-hybridized carbons (Fsp3) is 0.381. The van der Waals surface area contributed by atoms with Crippen LogP contribution in [-0.2, 0) is 27.5 Å². The third kappa shape index (κ3) is 5.43. The Balaban J connectivity index is 1.51. The summed E-state index contributed by atoms with van der Waals surface area (Å²) in [5.41, 5.74) is 0.768. The largest absolute Gasteiger partial charge is 0.467 e. The van der Waals surface area contributed by atoms with Crippen LogP contribution in [0.4, 0.5) is 4.39 Å². The van der Waals surface area contributed by atoms with E-state index in [9.17, 15) is 18.8 Å². The molecule has 0 spiro atoms. The number of benzene rings is 1. The Bertz CT molecular complexity index is 851. The molecule has 1 aliphatic rings. The van der Waals surface area contributed by atoms with Gasteiger partial charge in [0.25, 0.3) is 0 Å². The van der Waals surface area contributed by atoms with Crippen LogP contribution >= 0.6 is 0 Å². The van der Waals surface area contributed by atoms with Gasteiger partial charge in [0.1, 0.15) is 11.6 Å². The number of hydrogen-bond donors (Lipinski definition) is 1. The Morgan fingerprint density at radius 1 is 1.28 bits per heavy atom. The predicted octanol–water partition coefficient (Wildman–Crippen LogP) is 1.93. The summed E-state index contributed by atoms with van der Waals surface area (Å²) in [6, 6.07) is 9.38. The molecule has 3 rings (SSSR count). The maximum absolute atomic E-state index is 12.9. The Hall–Kier alpha value is -3.16. The van der Waals surface area contributed by atoms with Crippen molar-refractivity contribution in [3.63, 3.8) is 0 Å². The SMILES string of the molecule is CCN(CC(=O)NCc1ccc(F)cc1)C(=O)[C@@H]1CC(=O)N(Cc2ccco2)C1. The molecule has 1 saturated heterocycles. The summed E-state index contributed by atoms with van der Waals surface area (Å²) in [4.78, 5) is 40.4. The first-order chi connectivity index (χ1) is 14.0. The van der Waals surface area contributed by atoms with Crippen molar-refractivity contribution in [2.75, 3.05) is 19.6 Å². The van der Waals surface area contributed by atoms with E-state index in [0.29, 0.717) is 25.4 Å². The number of nitrogens with zero attached hydrogens (tertiary/aromatic N) is 2. The highest BCUT2D eigenvalue weighted by molar-refractivity contribution is 5.91. The fourth-order valence-electron chi connectivity index (χ4n) is 3.32. The van der Waals surface area contributed by atoms with Crippen LogP contribution < -0.4 is 5.32 Å². The number of halogens is 1. The summed E-state index contributed by atoms with van der Waals surface area (Å²) >= 11 is 0. The molecule has 154 valence electrons. The van der Waals surface area contributed by atoms with Gasteiger partial charge in [0.2, 0.25) is 17.7 Å². The predicted molar refractivity (Wildman–Crippen MR) is 103 cm³/mol. The van der Waals surface area contributed by atoms with E-state index in [1.54, 1.807) is 42.4 Å². The highest BCUT2D eigenvalue weighted by Crippen LogP contribution is 2.22. The van der Waals surface area contributed by atoms with Crippen molar-refractivity contribution >= 4 is 17.7 Å². The van der Waals surface area contributed by atoms with Gasteiger partial charge < -0.3 is 19.5 Å². The molecule has 1 aliphatic heterocycles. The van der Waals surface area contributed by atoms with E-state index in [2.05, 4.69) is 5.32 Å². The molecule has 0 aliphatic carbocycles. The van der Waals surface area contributed by atoms with E-state index in [-0.39, 0.29) is 43.0 Å². The van der Waals surface area contributed by atoms with Gasteiger partial charge in [-0.15, -0.1) is 0 Å². The number of hydrogen-bond acceptors (Lipinski definition) is 4. The van der Waals surface area contributed by atoms with Crippen molar-refractivity contribution < 1.29 is 23.2 Å². The minimum absolute atomic E-state index is 0.0839. The van der Waals surface area contributed by atoms with E-state index in [1.165, 1.54) is 17.0 Å². The lowest BCUT2D eigenvalue weighted by molar-refractivity contribution is -0.139. The summed E-state index contributed by atoms with van der Waals surface area (Å²) < 4.78 is 18.2. The van der Waals surface area contributed by atoms with Gasteiger partial charge in [-0.1, -0.05) is 12.1 Å². The van der Waals surface area contributed by atoms with Gasteiger partial charge in [-0.25, -0.2) is 4.39 Å². The van der Waals surface area contributed by atoms with Crippen molar-refractivity contribution in [1.82, 2.24) is 15.1 Å². The van der Waals surface area contributed by atoms with Crippen LogP contribution in [0.15, 0.2) is 47.1 Å². The van der Waals surface area contributed by atoms with Crippen LogP contribution in [0.5, 0.6) is 0 Å². The summed E-state index contributed by atoms with van der Waals surface area (Å²) in [5.74, 6) is -0.756. The minimum atomic E-state index is -0.470. The number of carbonyl (C=O) groups is 3. The average Bonchev–Trinajstić information content (AvgIpc) is 3.35. The number of nitrogens with one attached hydrogen (secondary N) is 1. The third-order valence-corrected chi connectivity index (χ3v) is 4.92. The van der Waals surface area contributed by atoms with Gasteiger partial charge in [-0.2, -0.15) is 0 Å². The molecule has 1 aromatic heterocycles. The first-order valence-electron chi connectivity index (χ1n) is 9.56. The molecule has 0 saturated carbocycles. The van der Waals surface area contributed by atoms with E-state index >= 15 is 0 Å². The second-order valence-corrected chi connectivity index (χ2v) is 7.01. The zero-order valence-electron chi connectivity index (χ0n) is 16.3. The molecule has 0 bridgehead atoms. The molecule has 8 heteroatoms. The lowest BCUT2D eigenvalue weighted by atomic mass is 10.1. The standard InChI is InChI=1S/C21H24FN3O4/c1-2-24(14-19(26)23-11-15-5-7-17(22)8-6-15)21(28)16-10-20(27)25(12-16)13-18-4-3-9-29-18/h3-9,16H,2,10-14H2,1H3,(H,23,26)/t16-/m1/s1. The first kappa shape index (κ1) is 20.6. The highest BCUT2D eigenvalue weighted by atomic mass is 19.1. The first-order valence-corrected chi connectivity index (χ1v) is 9.56. The average molecular weight is 401 g/mol. The van der Waals surface area contributed by atoms with Crippen LogP contribution in [0.2, 0.25) is 0 Å². The molecule has 1 N–H and O–H groups in total. The molecule has 29 heavy (non-hydrogen) atoms. The Kier molecular flexibility index (Phi) is 6.64. The maximum atomic E-state index is 12.9. The highest BCUT2D eigenvalue weighted by Gasteiger charge is 2.36. The lowest BCUT2D eigenvalue weighted by Gasteiger charge is -2.23. The lowest BCUT2D eigenvalue weighted by Crippen LogP contribution is -2.43. The van der Waals surface area contributed by atoms with E-state index in [0.717, 1.165) is 5.56 Å². The van der Waals surface area contributed by atoms with E-state index in [4.69, 9.17) is 4.42 Å². The van der Waals surface area contributed by atoms with Crippen molar-refractivity contribution in [3.8, 4) is 0 Å². The molecule has 2 heterocycles. The maximum Gasteiger partial charge on any atom is 0.239 e. The number of rotatable bonds is 8. The molecule has 7 nitrogen and oxygen atoms in total. The van der Waals surface area contributed by atoms with Crippen LogP contribution in [-0.4, -0.2) is 47.2 Å². The van der Waals surface area contributed by atoms with Gasteiger partial charge in [-0.05, 0) is 36.8 Å². The van der Waals surface area contributed by atoms with Crippen molar-refractivity contribution in [2.24, 2.45) is 5.92 Å². The smallest absolute Gasteiger partial charge is 0.239 e. The van der Waals surface area contributed by atoms with E-state index < -0.39 is 5.92 Å². The molecule has 1 atom stereocenters.